The molecular weight excluding hydrogens is 222 g/mol. The van der Waals surface area contributed by atoms with Crippen molar-refractivity contribution in [3.63, 3.8) is 0 Å². The van der Waals surface area contributed by atoms with E-state index in [4.69, 9.17) is 4.74 Å². The summed E-state index contributed by atoms with van der Waals surface area (Å²) in [5.41, 5.74) is 0. The van der Waals surface area contributed by atoms with Crippen LogP contribution in [0.5, 0.6) is 0 Å². The molecule has 0 spiro atoms. The van der Waals surface area contributed by atoms with E-state index in [0.717, 1.165) is 13.0 Å². The molecule has 0 aromatic heterocycles. The molecule has 12 heavy (non-hydrogen) atoms. The Morgan fingerprint density at radius 1 is 1.75 bits per heavy atom. The lowest BCUT2D eigenvalue weighted by Crippen LogP contribution is -2.48. The maximum atomic E-state index is 11.4. The van der Waals surface area contributed by atoms with Crippen molar-refractivity contribution in [1.82, 2.24) is 4.90 Å². The van der Waals surface area contributed by atoms with Crippen molar-refractivity contribution in [3.8, 4) is 0 Å². The summed E-state index contributed by atoms with van der Waals surface area (Å²) in [6.07, 6.45) is 0.971. The number of carbonyl (C=O) groups excluding carboxylic acids is 1. The molecule has 0 radical (unpaired) electrons. The number of morpholine rings is 1. The molecule has 0 aromatic carbocycles. The number of nitrogens with zero attached hydrogens (tertiary/aromatic N) is 1. The highest BCUT2D eigenvalue weighted by atomic mass is 79.9. The van der Waals surface area contributed by atoms with E-state index in [1.165, 1.54) is 0 Å². The number of amides is 1. The van der Waals surface area contributed by atoms with Crippen molar-refractivity contribution in [2.75, 3.05) is 25.1 Å². The zero-order valence-corrected chi connectivity index (χ0v) is 8.84. The van der Waals surface area contributed by atoms with E-state index in [9.17, 15) is 4.79 Å². The number of carbonyl (C=O) groups is 1. The lowest BCUT2D eigenvalue weighted by atomic mass is 10.2. The second-order valence-electron chi connectivity index (χ2n) is 2.86. The summed E-state index contributed by atoms with van der Waals surface area (Å²) in [7, 11) is 0. The van der Waals surface area contributed by atoms with Crippen LogP contribution in [0, 0.1) is 0 Å². The van der Waals surface area contributed by atoms with Crippen LogP contribution in [0.25, 0.3) is 0 Å². The predicted octanol–water partition coefficient (Wildman–Crippen LogP) is 1.02. The Bertz CT molecular complexity index is 163. The van der Waals surface area contributed by atoms with Crippen molar-refractivity contribution < 1.29 is 9.53 Å². The average Bonchev–Trinajstić information content (AvgIpc) is 2.16. The van der Waals surface area contributed by atoms with Gasteiger partial charge < -0.3 is 9.64 Å². The smallest absolute Gasteiger partial charge is 0.233 e. The molecular formula is C8H14BrNO2. The van der Waals surface area contributed by atoms with Gasteiger partial charge in [-0.2, -0.15) is 0 Å². The van der Waals surface area contributed by atoms with Gasteiger partial charge in [0.25, 0.3) is 0 Å². The molecule has 1 aliphatic rings. The Hall–Kier alpha value is -0.0900. The predicted molar refractivity (Wildman–Crippen MR) is 50.4 cm³/mol. The minimum absolute atomic E-state index is 0.171. The Morgan fingerprint density at radius 2 is 2.50 bits per heavy atom. The van der Waals surface area contributed by atoms with Gasteiger partial charge in [-0.3, -0.25) is 4.79 Å². The van der Waals surface area contributed by atoms with Gasteiger partial charge in [-0.15, -0.1) is 0 Å². The Morgan fingerprint density at radius 3 is 3.08 bits per heavy atom. The first-order valence-electron chi connectivity index (χ1n) is 4.22. The first-order valence-corrected chi connectivity index (χ1v) is 5.35. The molecule has 1 saturated heterocycles. The quantitative estimate of drug-likeness (QED) is 0.670. The largest absolute Gasteiger partial charge is 0.377 e. The molecule has 1 aliphatic heterocycles. The van der Waals surface area contributed by atoms with Gasteiger partial charge in [-0.05, 0) is 6.42 Å². The topological polar surface area (TPSA) is 29.5 Å². The molecule has 1 unspecified atom stereocenters. The van der Waals surface area contributed by atoms with E-state index >= 15 is 0 Å². The molecule has 70 valence electrons. The Balaban J connectivity index is 2.52. The highest BCUT2D eigenvalue weighted by Gasteiger charge is 2.24. The lowest BCUT2D eigenvalue weighted by molar-refractivity contribution is -0.136. The molecule has 1 rings (SSSR count). The van der Waals surface area contributed by atoms with Crippen LogP contribution in [0.4, 0.5) is 0 Å². The normalized spacial score (nSPS) is 24.2. The van der Waals surface area contributed by atoms with E-state index in [1.54, 1.807) is 0 Å². The molecule has 0 bridgehead atoms. The number of hydrogen-bond acceptors (Lipinski definition) is 2. The second kappa shape index (κ2) is 4.82. The van der Waals surface area contributed by atoms with Crippen LogP contribution >= 0.6 is 15.9 Å². The van der Waals surface area contributed by atoms with Gasteiger partial charge in [0.05, 0.1) is 24.6 Å². The standard InChI is InChI=1S/C8H14BrNO2/c1-2-7-6-12-4-3-10(7)8(11)5-9/h7H,2-6H2,1H3. The molecule has 1 amide bonds. The van der Waals surface area contributed by atoms with Crippen LogP contribution in [0.15, 0.2) is 0 Å². The van der Waals surface area contributed by atoms with Crippen molar-refractivity contribution in [3.05, 3.63) is 0 Å². The molecule has 0 saturated carbocycles. The van der Waals surface area contributed by atoms with Crippen molar-refractivity contribution in [2.45, 2.75) is 19.4 Å². The van der Waals surface area contributed by atoms with E-state index in [1.807, 2.05) is 4.90 Å². The van der Waals surface area contributed by atoms with E-state index in [-0.39, 0.29) is 11.9 Å². The third-order valence-corrected chi connectivity index (χ3v) is 2.61. The first kappa shape index (κ1) is 9.99. The van der Waals surface area contributed by atoms with E-state index in [2.05, 4.69) is 22.9 Å². The number of rotatable bonds is 2. The van der Waals surface area contributed by atoms with E-state index < -0.39 is 0 Å². The number of alkyl halides is 1. The summed E-state index contributed by atoms with van der Waals surface area (Å²) >= 11 is 3.17. The summed E-state index contributed by atoms with van der Waals surface area (Å²) in [6, 6.07) is 0.281. The molecule has 1 heterocycles. The van der Waals surface area contributed by atoms with Crippen molar-refractivity contribution >= 4 is 21.8 Å². The van der Waals surface area contributed by atoms with Crippen LogP contribution in [-0.4, -0.2) is 41.9 Å². The lowest BCUT2D eigenvalue weighted by Gasteiger charge is -2.34. The molecule has 0 aromatic rings. The molecule has 1 atom stereocenters. The van der Waals surface area contributed by atoms with Gasteiger partial charge in [0.15, 0.2) is 0 Å². The number of hydrogen-bond donors (Lipinski definition) is 0. The zero-order valence-electron chi connectivity index (χ0n) is 7.25. The SMILES string of the molecule is CCC1COCCN1C(=O)CBr. The molecule has 3 nitrogen and oxygen atoms in total. The maximum absolute atomic E-state index is 11.4. The van der Waals surface area contributed by atoms with E-state index in [0.29, 0.717) is 18.5 Å². The van der Waals surface area contributed by atoms with Crippen LogP contribution in [-0.2, 0) is 9.53 Å². The van der Waals surface area contributed by atoms with Crippen molar-refractivity contribution in [2.24, 2.45) is 0 Å². The first-order chi connectivity index (χ1) is 5.79. The second-order valence-corrected chi connectivity index (χ2v) is 3.42. The average molecular weight is 236 g/mol. The summed E-state index contributed by atoms with van der Waals surface area (Å²) in [6.45, 7) is 4.18. The summed E-state index contributed by atoms with van der Waals surface area (Å²) < 4.78 is 5.29. The van der Waals surface area contributed by atoms with Gasteiger partial charge in [-0.1, -0.05) is 22.9 Å². The van der Waals surface area contributed by atoms with Crippen molar-refractivity contribution in [1.29, 1.82) is 0 Å². The molecule has 0 aliphatic carbocycles. The number of ether oxygens (including phenoxy) is 1. The Labute approximate surface area is 81.2 Å². The monoisotopic (exact) mass is 235 g/mol. The minimum Gasteiger partial charge on any atom is -0.377 e. The van der Waals surface area contributed by atoms with Crippen LogP contribution < -0.4 is 0 Å². The fourth-order valence-electron chi connectivity index (χ4n) is 1.40. The van der Waals surface area contributed by atoms with Gasteiger partial charge in [0.2, 0.25) is 5.91 Å². The number of halogens is 1. The summed E-state index contributed by atoms with van der Waals surface area (Å²) in [4.78, 5) is 13.3. The zero-order chi connectivity index (χ0) is 8.97. The van der Waals surface area contributed by atoms with Crippen LogP contribution in [0.3, 0.4) is 0 Å². The fourth-order valence-corrected chi connectivity index (χ4v) is 1.72. The van der Waals surface area contributed by atoms with Gasteiger partial charge in [0.1, 0.15) is 0 Å². The highest BCUT2D eigenvalue weighted by molar-refractivity contribution is 9.09. The maximum Gasteiger partial charge on any atom is 0.233 e. The Kier molecular flexibility index (Phi) is 4.01. The van der Waals surface area contributed by atoms with Crippen LogP contribution in [0.2, 0.25) is 0 Å². The third-order valence-electron chi connectivity index (χ3n) is 2.13. The van der Waals surface area contributed by atoms with Gasteiger partial charge in [0, 0.05) is 6.54 Å². The third kappa shape index (κ3) is 2.20. The van der Waals surface area contributed by atoms with Gasteiger partial charge in [-0.25, -0.2) is 0 Å². The summed E-state index contributed by atoms with van der Waals surface area (Å²) in [5, 5.41) is 0.420. The molecule has 0 N–H and O–H groups in total. The molecule has 4 heteroatoms. The summed E-state index contributed by atoms with van der Waals surface area (Å²) in [5.74, 6) is 0.171. The highest BCUT2D eigenvalue weighted by Crippen LogP contribution is 2.10. The van der Waals surface area contributed by atoms with Crippen LogP contribution in [0.1, 0.15) is 13.3 Å². The molecule has 1 fully saturated rings. The minimum atomic E-state index is 0.171. The van der Waals surface area contributed by atoms with Gasteiger partial charge >= 0.3 is 0 Å². The fraction of sp³-hybridized carbons (Fsp3) is 0.875.